The van der Waals surface area contributed by atoms with Crippen LogP contribution in [-0.4, -0.2) is 29.1 Å². The van der Waals surface area contributed by atoms with Gasteiger partial charge >= 0.3 is 5.97 Å². The molecule has 0 aliphatic carbocycles. The molecule has 2 rings (SSSR count). The van der Waals surface area contributed by atoms with E-state index < -0.39 is 11.4 Å². The van der Waals surface area contributed by atoms with Crippen molar-refractivity contribution in [2.75, 3.05) is 13.1 Å². The summed E-state index contributed by atoms with van der Waals surface area (Å²) in [6.45, 7) is 11.0. The lowest BCUT2D eigenvalue weighted by molar-refractivity contribution is -0.151. The quantitative estimate of drug-likeness (QED) is 0.923. The molecule has 0 amide bonds. The third-order valence-electron chi connectivity index (χ3n) is 4.52. The summed E-state index contributed by atoms with van der Waals surface area (Å²) in [5.74, 6) is -0.671. The van der Waals surface area contributed by atoms with Crippen LogP contribution in [0.4, 0.5) is 0 Å². The highest BCUT2D eigenvalue weighted by Crippen LogP contribution is 2.30. The van der Waals surface area contributed by atoms with E-state index in [2.05, 4.69) is 49.9 Å². The van der Waals surface area contributed by atoms with Crippen molar-refractivity contribution in [1.82, 2.24) is 4.90 Å². The van der Waals surface area contributed by atoms with Crippen molar-refractivity contribution in [1.29, 1.82) is 0 Å². The van der Waals surface area contributed by atoms with E-state index in [-0.39, 0.29) is 5.41 Å². The van der Waals surface area contributed by atoms with E-state index in [0.29, 0.717) is 6.54 Å². The van der Waals surface area contributed by atoms with Crippen LogP contribution >= 0.6 is 0 Å². The van der Waals surface area contributed by atoms with Gasteiger partial charge in [-0.05, 0) is 42.9 Å². The molecule has 3 heteroatoms. The summed E-state index contributed by atoms with van der Waals surface area (Å²) < 4.78 is 0. The van der Waals surface area contributed by atoms with E-state index in [1.807, 2.05) is 6.92 Å². The third-order valence-corrected chi connectivity index (χ3v) is 4.52. The molecule has 3 nitrogen and oxygen atoms in total. The number of hydrogen-bond donors (Lipinski definition) is 1. The Hall–Kier alpha value is -1.35. The van der Waals surface area contributed by atoms with Crippen molar-refractivity contribution in [2.24, 2.45) is 5.41 Å². The maximum atomic E-state index is 11.4. The molecule has 1 aliphatic rings. The van der Waals surface area contributed by atoms with Crippen LogP contribution in [0.25, 0.3) is 0 Å². The molecule has 0 aromatic heterocycles. The number of benzene rings is 1. The van der Waals surface area contributed by atoms with E-state index in [1.54, 1.807) is 0 Å². The molecule has 0 radical (unpaired) electrons. The van der Waals surface area contributed by atoms with Gasteiger partial charge in [0, 0.05) is 13.1 Å². The Morgan fingerprint density at radius 1 is 1.29 bits per heavy atom. The highest BCUT2D eigenvalue weighted by Gasteiger charge is 2.37. The fraction of sp³-hybridized carbons (Fsp3) is 0.611. The number of piperidine rings is 1. The monoisotopic (exact) mass is 289 g/mol. The standard InChI is InChI=1S/C18H27NO2/c1-17(2,3)15-8-6-14(7-9-15)12-19-11-5-10-18(4,13-19)16(20)21/h6-9H,5,10-13H2,1-4H3,(H,20,21). The van der Waals surface area contributed by atoms with Gasteiger partial charge in [-0.25, -0.2) is 0 Å². The number of hydrogen-bond acceptors (Lipinski definition) is 2. The Morgan fingerprint density at radius 2 is 1.90 bits per heavy atom. The number of likely N-dealkylation sites (tertiary alicyclic amines) is 1. The predicted molar refractivity (Wildman–Crippen MR) is 85.4 cm³/mol. The van der Waals surface area contributed by atoms with Crippen molar-refractivity contribution in [3.8, 4) is 0 Å². The first-order valence-electron chi connectivity index (χ1n) is 7.76. The SMILES string of the molecule is CC1(C(=O)O)CCCN(Cc2ccc(C(C)(C)C)cc2)C1. The fourth-order valence-electron chi connectivity index (χ4n) is 3.02. The van der Waals surface area contributed by atoms with E-state index in [4.69, 9.17) is 0 Å². The number of rotatable bonds is 3. The molecule has 1 heterocycles. The highest BCUT2D eigenvalue weighted by molar-refractivity contribution is 5.74. The lowest BCUT2D eigenvalue weighted by Gasteiger charge is -2.37. The number of carbonyl (C=O) groups is 1. The Labute approximate surface area is 128 Å². The minimum Gasteiger partial charge on any atom is -0.481 e. The van der Waals surface area contributed by atoms with Crippen molar-refractivity contribution < 1.29 is 9.90 Å². The average molecular weight is 289 g/mol. The zero-order valence-electron chi connectivity index (χ0n) is 13.6. The summed E-state index contributed by atoms with van der Waals surface area (Å²) in [5.41, 5.74) is 2.17. The second-order valence-electron chi connectivity index (χ2n) is 7.63. The Kier molecular flexibility index (Phi) is 4.43. The van der Waals surface area contributed by atoms with E-state index >= 15 is 0 Å². The van der Waals surface area contributed by atoms with E-state index in [9.17, 15) is 9.90 Å². The second kappa shape index (κ2) is 5.80. The second-order valence-corrected chi connectivity index (χ2v) is 7.63. The van der Waals surface area contributed by atoms with Gasteiger partial charge in [-0.15, -0.1) is 0 Å². The molecule has 1 fully saturated rings. The molecular formula is C18H27NO2. The van der Waals surface area contributed by atoms with Crippen molar-refractivity contribution in [2.45, 2.75) is 52.5 Å². The Bertz CT molecular complexity index is 501. The van der Waals surface area contributed by atoms with Gasteiger partial charge in [0.25, 0.3) is 0 Å². The molecule has 0 spiro atoms. The summed E-state index contributed by atoms with van der Waals surface area (Å²) in [6, 6.07) is 8.73. The minimum absolute atomic E-state index is 0.172. The summed E-state index contributed by atoms with van der Waals surface area (Å²) in [7, 11) is 0. The highest BCUT2D eigenvalue weighted by atomic mass is 16.4. The molecule has 1 aromatic carbocycles. The normalized spacial score (nSPS) is 24.0. The molecule has 1 aromatic rings. The van der Waals surface area contributed by atoms with Crippen LogP contribution in [0.1, 0.15) is 51.7 Å². The lowest BCUT2D eigenvalue weighted by Crippen LogP contribution is -2.45. The summed E-state index contributed by atoms with van der Waals surface area (Å²) >= 11 is 0. The number of carboxylic acids is 1. The Morgan fingerprint density at radius 3 is 2.43 bits per heavy atom. The molecular weight excluding hydrogens is 262 g/mol. The van der Waals surface area contributed by atoms with Crippen molar-refractivity contribution in [3.63, 3.8) is 0 Å². The van der Waals surface area contributed by atoms with Crippen LogP contribution in [-0.2, 0) is 16.8 Å². The van der Waals surface area contributed by atoms with E-state index in [0.717, 1.165) is 25.9 Å². The van der Waals surface area contributed by atoms with Crippen LogP contribution in [0.15, 0.2) is 24.3 Å². The minimum atomic E-state index is -0.671. The van der Waals surface area contributed by atoms with Gasteiger partial charge in [0.15, 0.2) is 0 Å². The van der Waals surface area contributed by atoms with Gasteiger partial charge in [0.2, 0.25) is 0 Å². The first-order valence-corrected chi connectivity index (χ1v) is 7.76. The lowest BCUT2D eigenvalue weighted by atomic mass is 9.82. The molecule has 1 atom stereocenters. The molecule has 0 bridgehead atoms. The predicted octanol–water partition coefficient (Wildman–Crippen LogP) is 3.67. The number of nitrogens with zero attached hydrogens (tertiary/aromatic N) is 1. The van der Waals surface area contributed by atoms with E-state index in [1.165, 1.54) is 11.1 Å². The molecule has 1 saturated heterocycles. The van der Waals surface area contributed by atoms with Crippen LogP contribution in [0, 0.1) is 5.41 Å². The molecule has 0 saturated carbocycles. The molecule has 21 heavy (non-hydrogen) atoms. The largest absolute Gasteiger partial charge is 0.481 e. The van der Waals surface area contributed by atoms with Crippen LogP contribution in [0.3, 0.4) is 0 Å². The number of carboxylic acid groups (broad SMARTS) is 1. The van der Waals surface area contributed by atoms with Gasteiger partial charge < -0.3 is 5.11 Å². The maximum Gasteiger partial charge on any atom is 0.310 e. The number of aliphatic carboxylic acids is 1. The first-order chi connectivity index (χ1) is 9.71. The van der Waals surface area contributed by atoms with Crippen LogP contribution < -0.4 is 0 Å². The van der Waals surface area contributed by atoms with Crippen LogP contribution in [0.2, 0.25) is 0 Å². The first kappa shape index (κ1) is 16.0. The topological polar surface area (TPSA) is 40.5 Å². The van der Waals surface area contributed by atoms with Gasteiger partial charge in [0.05, 0.1) is 5.41 Å². The fourth-order valence-corrected chi connectivity index (χ4v) is 3.02. The van der Waals surface area contributed by atoms with Crippen molar-refractivity contribution >= 4 is 5.97 Å². The van der Waals surface area contributed by atoms with Crippen LogP contribution in [0.5, 0.6) is 0 Å². The summed E-state index contributed by atoms with van der Waals surface area (Å²) in [4.78, 5) is 13.7. The van der Waals surface area contributed by atoms with Gasteiger partial charge in [-0.2, -0.15) is 0 Å². The zero-order chi connectivity index (χ0) is 15.7. The maximum absolute atomic E-state index is 11.4. The van der Waals surface area contributed by atoms with Gasteiger partial charge in [-0.1, -0.05) is 45.0 Å². The Balaban J connectivity index is 2.03. The summed E-state index contributed by atoms with van der Waals surface area (Å²) in [5, 5.41) is 9.38. The average Bonchev–Trinajstić information content (AvgIpc) is 2.38. The molecule has 1 N–H and O–H groups in total. The molecule has 116 valence electrons. The third kappa shape index (κ3) is 3.85. The van der Waals surface area contributed by atoms with Crippen molar-refractivity contribution in [3.05, 3.63) is 35.4 Å². The zero-order valence-corrected chi connectivity index (χ0v) is 13.6. The summed E-state index contributed by atoms with van der Waals surface area (Å²) in [6.07, 6.45) is 1.74. The van der Waals surface area contributed by atoms with Gasteiger partial charge in [-0.3, -0.25) is 9.69 Å². The smallest absolute Gasteiger partial charge is 0.310 e. The molecule has 1 unspecified atom stereocenters. The molecule has 1 aliphatic heterocycles. The van der Waals surface area contributed by atoms with Gasteiger partial charge in [0.1, 0.15) is 0 Å².